The Kier molecular flexibility index (Phi) is 3.45. The fourth-order valence-corrected chi connectivity index (χ4v) is 1.19. The van der Waals surface area contributed by atoms with Crippen molar-refractivity contribution in [2.75, 3.05) is 6.54 Å². The largest absolute Gasteiger partial charge is 0.329 e. The minimum Gasteiger partial charge on any atom is -0.329 e. The zero-order chi connectivity index (χ0) is 9.84. The summed E-state index contributed by atoms with van der Waals surface area (Å²) in [6.07, 6.45) is 2.03. The van der Waals surface area contributed by atoms with Crippen LogP contribution in [-0.2, 0) is 13.6 Å². The van der Waals surface area contributed by atoms with Gasteiger partial charge < -0.3 is 11.1 Å². The molecule has 0 radical (unpaired) electrons. The summed E-state index contributed by atoms with van der Waals surface area (Å²) in [4.78, 5) is 0. The molecule has 0 spiro atoms. The van der Waals surface area contributed by atoms with E-state index in [2.05, 4.69) is 17.3 Å². The number of nitrogens with one attached hydrogen (secondary N) is 1. The summed E-state index contributed by atoms with van der Waals surface area (Å²) >= 11 is 0. The number of nitrogens with two attached hydrogens (primary N) is 1. The van der Waals surface area contributed by atoms with Crippen LogP contribution in [0.25, 0.3) is 0 Å². The molecule has 1 heterocycles. The lowest BCUT2D eigenvalue weighted by molar-refractivity contribution is 0.555. The first-order chi connectivity index (χ1) is 6.13. The molecule has 3 N–H and O–H groups in total. The molecule has 1 aromatic rings. The molecule has 4 nitrogen and oxygen atoms in total. The maximum Gasteiger partial charge on any atom is 0.0638 e. The van der Waals surface area contributed by atoms with Crippen LogP contribution in [0.5, 0.6) is 0 Å². The molecule has 0 bridgehead atoms. The van der Waals surface area contributed by atoms with Gasteiger partial charge in [0, 0.05) is 37.9 Å². The SMILES string of the molecule is Cc1nn(C)cc1CNC(C)CN. The van der Waals surface area contributed by atoms with Crippen LogP contribution in [0, 0.1) is 6.92 Å². The van der Waals surface area contributed by atoms with Crippen LogP contribution in [0.3, 0.4) is 0 Å². The average Bonchev–Trinajstić information content (AvgIpc) is 2.41. The van der Waals surface area contributed by atoms with E-state index in [0.717, 1.165) is 12.2 Å². The van der Waals surface area contributed by atoms with Gasteiger partial charge in [-0.15, -0.1) is 0 Å². The Morgan fingerprint density at radius 3 is 2.85 bits per heavy atom. The molecule has 0 amide bonds. The van der Waals surface area contributed by atoms with Gasteiger partial charge in [0.05, 0.1) is 5.69 Å². The molecule has 74 valence electrons. The van der Waals surface area contributed by atoms with E-state index >= 15 is 0 Å². The van der Waals surface area contributed by atoms with Crippen LogP contribution in [0.15, 0.2) is 6.20 Å². The molecule has 13 heavy (non-hydrogen) atoms. The molecule has 0 aliphatic carbocycles. The maximum atomic E-state index is 5.50. The van der Waals surface area contributed by atoms with Gasteiger partial charge in [-0.1, -0.05) is 0 Å². The van der Waals surface area contributed by atoms with E-state index in [1.165, 1.54) is 5.56 Å². The Labute approximate surface area is 79.1 Å². The van der Waals surface area contributed by atoms with E-state index in [4.69, 9.17) is 5.73 Å². The van der Waals surface area contributed by atoms with Crippen molar-refractivity contribution < 1.29 is 0 Å². The van der Waals surface area contributed by atoms with Crippen molar-refractivity contribution in [2.45, 2.75) is 26.4 Å². The Bertz CT molecular complexity index is 267. The third kappa shape index (κ3) is 2.82. The molecule has 0 saturated heterocycles. The fourth-order valence-electron chi connectivity index (χ4n) is 1.19. The number of hydrogen-bond acceptors (Lipinski definition) is 3. The van der Waals surface area contributed by atoms with Gasteiger partial charge in [0.25, 0.3) is 0 Å². The fraction of sp³-hybridized carbons (Fsp3) is 0.667. The average molecular weight is 182 g/mol. The molecule has 1 rings (SSSR count). The molecule has 0 saturated carbocycles. The van der Waals surface area contributed by atoms with E-state index in [9.17, 15) is 0 Å². The van der Waals surface area contributed by atoms with Crippen LogP contribution >= 0.6 is 0 Å². The number of hydrogen-bond donors (Lipinski definition) is 2. The zero-order valence-electron chi connectivity index (χ0n) is 8.54. The Morgan fingerprint density at radius 1 is 1.69 bits per heavy atom. The molecular weight excluding hydrogens is 164 g/mol. The van der Waals surface area contributed by atoms with E-state index in [0.29, 0.717) is 12.6 Å². The van der Waals surface area contributed by atoms with Crippen LogP contribution in [-0.4, -0.2) is 22.4 Å². The predicted molar refractivity (Wildman–Crippen MR) is 53.3 cm³/mol. The Balaban J connectivity index is 2.49. The van der Waals surface area contributed by atoms with Crippen molar-refractivity contribution in [3.05, 3.63) is 17.5 Å². The van der Waals surface area contributed by atoms with Crippen LogP contribution in [0.2, 0.25) is 0 Å². The van der Waals surface area contributed by atoms with E-state index in [1.54, 1.807) is 0 Å². The lowest BCUT2D eigenvalue weighted by Gasteiger charge is -2.09. The summed E-state index contributed by atoms with van der Waals surface area (Å²) in [7, 11) is 1.93. The molecule has 0 aliphatic heterocycles. The van der Waals surface area contributed by atoms with Gasteiger partial charge >= 0.3 is 0 Å². The molecule has 1 aromatic heterocycles. The second-order valence-electron chi connectivity index (χ2n) is 3.43. The monoisotopic (exact) mass is 182 g/mol. The summed E-state index contributed by atoms with van der Waals surface area (Å²) < 4.78 is 1.83. The first-order valence-electron chi connectivity index (χ1n) is 4.56. The molecule has 0 fully saturated rings. The van der Waals surface area contributed by atoms with Gasteiger partial charge in [-0.3, -0.25) is 4.68 Å². The summed E-state index contributed by atoms with van der Waals surface area (Å²) in [5.41, 5.74) is 7.82. The number of nitrogens with zero attached hydrogens (tertiary/aromatic N) is 2. The van der Waals surface area contributed by atoms with Gasteiger partial charge in [-0.05, 0) is 13.8 Å². The highest BCUT2D eigenvalue weighted by molar-refractivity contribution is 5.14. The van der Waals surface area contributed by atoms with Crippen molar-refractivity contribution in [3.8, 4) is 0 Å². The van der Waals surface area contributed by atoms with E-state index in [-0.39, 0.29) is 0 Å². The standard InChI is InChI=1S/C9H18N4/c1-7(4-10)11-5-9-6-13(3)12-8(9)2/h6-7,11H,4-5,10H2,1-3H3. The van der Waals surface area contributed by atoms with Crippen molar-refractivity contribution >= 4 is 0 Å². The highest BCUT2D eigenvalue weighted by atomic mass is 15.2. The molecule has 1 unspecified atom stereocenters. The predicted octanol–water partition coefficient (Wildman–Crippen LogP) is 0.165. The second-order valence-corrected chi connectivity index (χ2v) is 3.43. The van der Waals surface area contributed by atoms with Crippen LogP contribution in [0.1, 0.15) is 18.2 Å². The maximum absolute atomic E-state index is 5.50. The highest BCUT2D eigenvalue weighted by Crippen LogP contribution is 2.03. The second kappa shape index (κ2) is 4.39. The van der Waals surface area contributed by atoms with Crippen molar-refractivity contribution in [1.82, 2.24) is 15.1 Å². The summed E-state index contributed by atoms with van der Waals surface area (Å²) in [5, 5.41) is 7.58. The molecule has 1 atom stereocenters. The zero-order valence-corrected chi connectivity index (χ0v) is 8.54. The quantitative estimate of drug-likeness (QED) is 0.697. The third-order valence-electron chi connectivity index (χ3n) is 2.11. The van der Waals surface area contributed by atoms with E-state index < -0.39 is 0 Å². The molecule has 0 aliphatic rings. The number of aromatic nitrogens is 2. The minimum atomic E-state index is 0.361. The normalized spacial score (nSPS) is 13.2. The third-order valence-corrected chi connectivity index (χ3v) is 2.11. The Morgan fingerprint density at radius 2 is 2.38 bits per heavy atom. The van der Waals surface area contributed by atoms with Gasteiger partial charge in [-0.2, -0.15) is 5.10 Å². The van der Waals surface area contributed by atoms with Gasteiger partial charge in [-0.25, -0.2) is 0 Å². The van der Waals surface area contributed by atoms with Gasteiger partial charge in [0.15, 0.2) is 0 Å². The topological polar surface area (TPSA) is 55.9 Å². The first-order valence-corrected chi connectivity index (χ1v) is 4.56. The lowest BCUT2D eigenvalue weighted by Crippen LogP contribution is -2.32. The van der Waals surface area contributed by atoms with Crippen molar-refractivity contribution in [3.63, 3.8) is 0 Å². The molecular formula is C9H18N4. The van der Waals surface area contributed by atoms with Crippen molar-refractivity contribution in [2.24, 2.45) is 12.8 Å². The Hall–Kier alpha value is -0.870. The minimum absolute atomic E-state index is 0.361. The summed E-state index contributed by atoms with van der Waals surface area (Å²) in [6, 6.07) is 0.361. The number of aryl methyl sites for hydroxylation is 2. The summed E-state index contributed by atoms with van der Waals surface area (Å²) in [6.45, 7) is 5.60. The van der Waals surface area contributed by atoms with Crippen LogP contribution < -0.4 is 11.1 Å². The van der Waals surface area contributed by atoms with E-state index in [1.807, 2.05) is 24.9 Å². The molecule has 4 heteroatoms. The van der Waals surface area contributed by atoms with Crippen molar-refractivity contribution in [1.29, 1.82) is 0 Å². The highest BCUT2D eigenvalue weighted by Gasteiger charge is 2.03. The summed E-state index contributed by atoms with van der Waals surface area (Å²) in [5.74, 6) is 0. The lowest BCUT2D eigenvalue weighted by atomic mass is 10.2. The number of rotatable bonds is 4. The van der Waals surface area contributed by atoms with Crippen LogP contribution in [0.4, 0.5) is 0 Å². The van der Waals surface area contributed by atoms with Gasteiger partial charge in [0.1, 0.15) is 0 Å². The molecule has 0 aromatic carbocycles. The smallest absolute Gasteiger partial charge is 0.0638 e. The first kappa shape index (κ1) is 10.2. The van der Waals surface area contributed by atoms with Gasteiger partial charge in [0.2, 0.25) is 0 Å².